The lowest BCUT2D eigenvalue weighted by atomic mass is 9.93. The molecule has 0 unspecified atom stereocenters. The number of benzene rings is 5. The molecule has 0 radical (unpaired) electrons. The number of fused-ring (bicyclic) bond motifs is 1. The Hall–Kier alpha value is -5.55. The van der Waals surface area contributed by atoms with Gasteiger partial charge in [-0.15, -0.1) is 0 Å². The van der Waals surface area contributed by atoms with E-state index in [1.165, 1.54) is 0 Å². The molecule has 7 aromatic rings. The summed E-state index contributed by atoms with van der Waals surface area (Å²) in [4.78, 5) is 23.8. The summed E-state index contributed by atoms with van der Waals surface area (Å²) in [6.45, 7) is 0. The van der Waals surface area contributed by atoms with E-state index in [-0.39, 0.29) is 0 Å². The zero-order chi connectivity index (χ0) is 26.7. The lowest BCUT2D eigenvalue weighted by molar-refractivity contribution is 1.08. The van der Waals surface area contributed by atoms with Gasteiger partial charge in [0.2, 0.25) is 0 Å². The number of hydrogen-bond acceptors (Lipinski definition) is 5. The summed E-state index contributed by atoms with van der Waals surface area (Å²) in [5.41, 5.74) is 5.92. The quantitative estimate of drug-likeness (QED) is 0.232. The van der Waals surface area contributed by atoms with E-state index in [9.17, 15) is 0 Å². The van der Waals surface area contributed by atoms with E-state index < -0.39 is 0 Å². The summed E-state index contributed by atoms with van der Waals surface area (Å²) >= 11 is 0. The first-order valence-electron chi connectivity index (χ1n) is 13.1. The number of rotatable bonds is 5. The first-order chi connectivity index (χ1) is 19.8. The normalized spacial score (nSPS) is 11.0. The van der Waals surface area contributed by atoms with Crippen molar-refractivity contribution in [3.63, 3.8) is 0 Å². The van der Waals surface area contributed by atoms with Gasteiger partial charge in [-0.2, -0.15) is 0 Å². The van der Waals surface area contributed by atoms with Crippen molar-refractivity contribution in [2.75, 3.05) is 0 Å². The Morgan fingerprint density at radius 1 is 0.350 bits per heavy atom. The van der Waals surface area contributed by atoms with Crippen LogP contribution in [0.25, 0.3) is 67.5 Å². The van der Waals surface area contributed by atoms with Gasteiger partial charge in [0.15, 0.2) is 23.3 Å². The molecule has 2 heterocycles. The Labute approximate surface area is 231 Å². The molecule has 0 bridgehead atoms. The maximum absolute atomic E-state index is 5.06. The van der Waals surface area contributed by atoms with Crippen LogP contribution in [0.3, 0.4) is 0 Å². The van der Waals surface area contributed by atoms with Crippen molar-refractivity contribution in [1.29, 1.82) is 0 Å². The third-order valence-electron chi connectivity index (χ3n) is 6.87. The SMILES string of the molecule is c1ccc(-c2nc(-c3ccccc3)nc(-c3c(-c4ccc(-c5ncccn5)cc4)ccc4ccccc34)n2)cc1. The molecule has 0 aliphatic carbocycles. The van der Waals surface area contributed by atoms with Gasteiger partial charge in [-0.1, -0.05) is 121 Å². The Kier molecular flexibility index (Phi) is 6.07. The number of nitrogens with zero attached hydrogens (tertiary/aromatic N) is 5. The number of aromatic nitrogens is 5. The number of hydrogen-bond donors (Lipinski definition) is 0. The summed E-state index contributed by atoms with van der Waals surface area (Å²) in [6, 6.07) is 42.9. The molecule has 0 saturated carbocycles. The second-order valence-corrected chi connectivity index (χ2v) is 9.40. The summed E-state index contributed by atoms with van der Waals surface area (Å²) in [5, 5.41) is 2.21. The third-order valence-corrected chi connectivity index (χ3v) is 6.87. The zero-order valence-corrected chi connectivity index (χ0v) is 21.5. The molecule has 7 rings (SSSR count). The van der Waals surface area contributed by atoms with Crippen LogP contribution in [0.5, 0.6) is 0 Å². The van der Waals surface area contributed by atoms with Gasteiger partial charge in [0.1, 0.15) is 0 Å². The highest BCUT2D eigenvalue weighted by Crippen LogP contribution is 2.38. The minimum Gasteiger partial charge on any atom is -0.237 e. The molecule has 0 spiro atoms. The summed E-state index contributed by atoms with van der Waals surface area (Å²) < 4.78 is 0. The van der Waals surface area contributed by atoms with E-state index >= 15 is 0 Å². The Bertz CT molecular complexity index is 1860. The van der Waals surface area contributed by atoms with Gasteiger partial charge in [-0.05, 0) is 28.0 Å². The smallest absolute Gasteiger partial charge is 0.165 e. The van der Waals surface area contributed by atoms with Gasteiger partial charge < -0.3 is 0 Å². The molecule has 0 amide bonds. The van der Waals surface area contributed by atoms with Gasteiger partial charge in [0.25, 0.3) is 0 Å². The maximum atomic E-state index is 5.06. The first kappa shape index (κ1) is 23.6. The molecule has 0 atom stereocenters. The van der Waals surface area contributed by atoms with E-state index in [1.807, 2.05) is 66.7 Å². The van der Waals surface area contributed by atoms with Gasteiger partial charge in [0, 0.05) is 34.6 Å². The maximum Gasteiger partial charge on any atom is 0.165 e. The van der Waals surface area contributed by atoms with Gasteiger partial charge in [-0.25, -0.2) is 24.9 Å². The van der Waals surface area contributed by atoms with Crippen LogP contribution < -0.4 is 0 Å². The molecule has 0 saturated heterocycles. The van der Waals surface area contributed by atoms with Crippen molar-refractivity contribution in [2.45, 2.75) is 0 Å². The van der Waals surface area contributed by atoms with Gasteiger partial charge in [0.05, 0.1) is 0 Å². The fourth-order valence-electron chi connectivity index (χ4n) is 4.92. The van der Waals surface area contributed by atoms with Crippen molar-refractivity contribution < 1.29 is 0 Å². The zero-order valence-electron chi connectivity index (χ0n) is 21.5. The van der Waals surface area contributed by atoms with E-state index in [0.717, 1.165) is 44.2 Å². The van der Waals surface area contributed by atoms with Crippen LogP contribution >= 0.6 is 0 Å². The van der Waals surface area contributed by atoms with E-state index in [2.05, 4.69) is 70.6 Å². The highest BCUT2D eigenvalue weighted by Gasteiger charge is 2.18. The monoisotopic (exact) mass is 513 g/mol. The molecule has 5 nitrogen and oxygen atoms in total. The van der Waals surface area contributed by atoms with Gasteiger partial charge >= 0.3 is 0 Å². The molecule has 40 heavy (non-hydrogen) atoms. The summed E-state index contributed by atoms with van der Waals surface area (Å²) in [5.74, 6) is 2.61. The van der Waals surface area contributed by atoms with Crippen molar-refractivity contribution in [3.05, 3.63) is 140 Å². The minimum atomic E-state index is 0.634. The van der Waals surface area contributed by atoms with Crippen molar-refractivity contribution in [3.8, 4) is 56.7 Å². The summed E-state index contributed by atoms with van der Waals surface area (Å²) in [6.07, 6.45) is 3.51. The Morgan fingerprint density at radius 2 is 0.875 bits per heavy atom. The Balaban J connectivity index is 1.46. The minimum absolute atomic E-state index is 0.634. The Morgan fingerprint density at radius 3 is 1.52 bits per heavy atom. The molecular weight excluding hydrogens is 490 g/mol. The standard InChI is InChI=1S/C35H23N5/c1-3-11-26(12-4-1)33-38-34(27-13-5-2-6-14-27)40-35(39-33)31-29-15-8-7-10-24(29)20-21-30(31)25-16-18-28(19-17-25)32-36-22-9-23-37-32/h1-23H. The van der Waals surface area contributed by atoms with Crippen LogP contribution in [0.2, 0.25) is 0 Å². The molecule has 0 N–H and O–H groups in total. The lowest BCUT2D eigenvalue weighted by Gasteiger charge is -2.15. The molecule has 188 valence electrons. The predicted octanol–water partition coefficient (Wildman–Crippen LogP) is 8.15. The summed E-state index contributed by atoms with van der Waals surface area (Å²) in [7, 11) is 0. The molecular formula is C35H23N5. The average Bonchev–Trinajstić information content (AvgIpc) is 3.05. The second kappa shape index (κ2) is 10.3. The fraction of sp³-hybridized carbons (Fsp3) is 0. The lowest BCUT2D eigenvalue weighted by Crippen LogP contribution is -2.01. The third kappa shape index (κ3) is 4.50. The second-order valence-electron chi connectivity index (χ2n) is 9.40. The van der Waals surface area contributed by atoms with Crippen LogP contribution in [0, 0.1) is 0 Å². The largest absolute Gasteiger partial charge is 0.237 e. The van der Waals surface area contributed by atoms with Crippen LogP contribution in [-0.2, 0) is 0 Å². The van der Waals surface area contributed by atoms with Crippen LogP contribution in [0.4, 0.5) is 0 Å². The van der Waals surface area contributed by atoms with Crippen LogP contribution in [0.15, 0.2) is 140 Å². The van der Waals surface area contributed by atoms with Crippen molar-refractivity contribution >= 4 is 10.8 Å². The molecule has 2 aromatic heterocycles. The first-order valence-corrected chi connectivity index (χ1v) is 13.1. The molecule has 5 aromatic carbocycles. The highest BCUT2D eigenvalue weighted by molar-refractivity contribution is 6.03. The molecule has 0 fully saturated rings. The van der Waals surface area contributed by atoms with E-state index in [0.29, 0.717) is 23.3 Å². The predicted molar refractivity (Wildman–Crippen MR) is 160 cm³/mol. The van der Waals surface area contributed by atoms with E-state index in [4.69, 9.17) is 15.0 Å². The topological polar surface area (TPSA) is 64.5 Å². The average molecular weight is 514 g/mol. The van der Waals surface area contributed by atoms with Crippen LogP contribution in [0.1, 0.15) is 0 Å². The van der Waals surface area contributed by atoms with Gasteiger partial charge in [-0.3, -0.25) is 0 Å². The fourth-order valence-corrected chi connectivity index (χ4v) is 4.92. The van der Waals surface area contributed by atoms with Crippen LogP contribution in [-0.4, -0.2) is 24.9 Å². The van der Waals surface area contributed by atoms with E-state index in [1.54, 1.807) is 12.4 Å². The highest BCUT2D eigenvalue weighted by atomic mass is 15.0. The molecule has 0 aliphatic rings. The molecule has 5 heteroatoms. The van der Waals surface area contributed by atoms with Crippen molar-refractivity contribution in [2.24, 2.45) is 0 Å². The van der Waals surface area contributed by atoms with Crippen molar-refractivity contribution in [1.82, 2.24) is 24.9 Å². The molecule has 0 aliphatic heterocycles.